The van der Waals surface area contributed by atoms with Gasteiger partial charge < -0.3 is 15.0 Å². The van der Waals surface area contributed by atoms with E-state index in [0.29, 0.717) is 6.54 Å². The van der Waals surface area contributed by atoms with Crippen LogP contribution in [-0.2, 0) is 9.53 Å². The molecule has 1 fully saturated rings. The van der Waals surface area contributed by atoms with Gasteiger partial charge in [0.1, 0.15) is 0 Å². The van der Waals surface area contributed by atoms with Crippen LogP contribution in [0.2, 0.25) is 0 Å². The van der Waals surface area contributed by atoms with Crippen molar-refractivity contribution in [2.45, 2.75) is 6.92 Å². The number of hydrogen-bond acceptors (Lipinski definition) is 4. The topological polar surface area (TPSA) is 44.8 Å². The number of hydrogen-bond donors (Lipinski definition) is 1. The summed E-state index contributed by atoms with van der Waals surface area (Å²) in [4.78, 5) is 15.9. The van der Waals surface area contributed by atoms with Crippen molar-refractivity contribution in [3.05, 3.63) is 0 Å². The van der Waals surface area contributed by atoms with E-state index in [4.69, 9.17) is 4.74 Å². The summed E-state index contributed by atoms with van der Waals surface area (Å²) in [5.41, 5.74) is 0. The highest BCUT2D eigenvalue weighted by Crippen LogP contribution is 2.01. The van der Waals surface area contributed by atoms with E-state index in [2.05, 4.69) is 10.2 Å². The van der Waals surface area contributed by atoms with Gasteiger partial charge in [-0.05, 0) is 14.0 Å². The Morgan fingerprint density at radius 1 is 1.31 bits per heavy atom. The summed E-state index contributed by atoms with van der Waals surface area (Å²) in [6.45, 7) is 8.60. The SMILES string of the molecule is CCOCCN1CCN(C(=O)CNC)CC1. The van der Waals surface area contributed by atoms with Crippen LogP contribution in [0.5, 0.6) is 0 Å². The number of likely N-dealkylation sites (N-methyl/N-ethyl adjacent to an activating group) is 1. The van der Waals surface area contributed by atoms with E-state index in [-0.39, 0.29) is 5.91 Å². The van der Waals surface area contributed by atoms with Crippen LogP contribution >= 0.6 is 0 Å². The number of carbonyl (C=O) groups excluding carboxylic acids is 1. The maximum atomic E-state index is 11.6. The summed E-state index contributed by atoms with van der Waals surface area (Å²) < 4.78 is 5.32. The number of nitrogens with zero attached hydrogens (tertiary/aromatic N) is 2. The van der Waals surface area contributed by atoms with Gasteiger partial charge in [-0.25, -0.2) is 0 Å². The molecule has 94 valence electrons. The van der Waals surface area contributed by atoms with Crippen LogP contribution in [0.15, 0.2) is 0 Å². The molecule has 1 rings (SSSR count). The van der Waals surface area contributed by atoms with E-state index in [9.17, 15) is 4.79 Å². The third-order valence-electron chi connectivity index (χ3n) is 2.81. The number of carbonyl (C=O) groups is 1. The quantitative estimate of drug-likeness (QED) is 0.617. The summed E-state index contributed by atoms with van der Waals surface area (Å²) in [7, 11) is 1.80. The summed E-state index contributed by atoms with van der Waals surface area (Å²) in [6.07, 6.45) is 0. The van der Waals surface area contributed by atoms with E-state index in [1.807, 2.05) is 11.8 Å². The Bertz CT molecular complexity index is 203. The predicted molar refractivity (Wildman–Crippen MR) is 63.4 cm³/mol. The molecule has 0 radical (unpaired) electrons. The number of nitrogens with one attached hydrogen (secondary N) is 1. The monoisotopic (exact) mass is 229 g/mol. The molecule has 1 heterocycles. The lowest BCUT2D eigenvalue weighted by Gasteiger charge is -2.34. The number of piperazine rings is 1. The fourth-order valence-electron chi connectivity index (χ4n) is 1.82. The molecule has 0 unspecified atom stereocenters. The maximum absolute atomic E-state index is 11.6. The molecule has 0 spiro atoms. The second kappa shape index (κ2) is 7.60. The Morgan fingerprint density at radius 2 is 2.00 bits per heavy atom. The zero-order valence-electron chi connectivity index (χ0n) is 10.4. The summed E-state index contributed by atoms with van der Waals surface area (Å²) in [6, 6.07) is 0. The van der Waals surface area contributed by atoms with Gasteiger partial charge in [0.2, 0.25) is 5.91 Å². The van der Waals surface area contributed by atoms with Crippen molar-refractivity contribution in [2.75, 3.05) is 59.5 Å². The molecule has 1 aliphatic heterocycles. The van der Waals surface area contributed by atoms with Gasteiger partial charge in [0.15, 0.2) is 0 Å². The van der Waals surface area contributed by atoms with Gasteiger partial charge >= 0.3 is 0 Å². The fourth-order valence-corrected chi connectivity index (χ4v) is 1.82. The Balaban J connectivity index is 2.15. The normalized spacial score (nSPS) is 17.8. The van der Waals surface area contributed by atoms with Crippen LogP contribution in [0.25, 0.3) is 0 Å². The lowest BCUT2D eigenvalue weighted by atomic mass is 10.3. The lowest BCUT2D eigenvalue weighted by molar-refractivity contribution is -0.131. The van der Waals surface area contributed by atoms with Crippen LogP contribution in [0.4, 0.5) is 0 Å². The molecule has 5 heteroatoms. The maximum Gasteiger partial charge on any atom is 0.236 e. The summed E-state index contributed by atoms with van der Waals surface area (Å²) >= 11 is 0. The second-order valence-electron chi connectivity index (χ2n) is 3.95. The van der Waals surface area contributed by atoms with Gasteiger partial charge in [0.25, 0.3) is 0 Å². The molecule has 1 amide bonds. The molecule has 0 aromatic heterocycles. The molecule has 16 heavy (non-hydrogen) atoms. The van der Waals surface area contributed by atoms with Gasteiger partial charge in [-0.1, -0.05) is 0 Å². The molecule has 0 aromatic carbocycles. The molecular weight excluding hydrogens is 206 g/mol. The van der Waals surface area contributed by atoms with Gasteiger partial charge in [-0.3, -0.25) is 9.69 Å². The van der Waals surface area contributed by atoms with Gasteiger partial charge in [0.05, 0.1) is 13.2 Å². The third-order valence-corrected chi connectivity index (χ3v) is 2.81. The van der Waals surface area contributed by atoms with Gasteiger partial charge in [-0.15, -0.1) is 0 Å². The first-order chi connectivity index (χ1) is 7.77. The van der Waals surface area contributed by atoms with Crippen molar-refractivity contribution in [3.8, 4) is 0 Å². The Kier molecular flexibility index (Phi) is 6.37. The van der Waals surface area contributed by atoms with Crippen LogP contribution in [0.3, 0.4) is 0 Å². The van der Waals surface area contributed by atoms with Crippen molar-refractivity contribution in [2.24, 2.45) is 0 Å². The first kappa shape index (κ1) is 13.4. The number of rotatable bonds is 6. The molecule has 1 N–H and O–H groups in total. The zero-order chi connectivity index (χ0) is 11.8. The molecular formula is C11H23N3O2. The average molecular weight is 229 g/mol. The standard InChI is InChI=1S/C11H23N3O2/c1-3-16-9-8-13-4-6-14(7-5-13)11(15)10-12-2/h12H,3-10H2,1-2H3. The number of ether oxygens (including phenoxy) is 1. The highest BCUT2D eigenvalue weighted by atomic mass is 16.5. The summed E-state index contributed by atoms with van der Waals surface area (Å²) in [5, 5.41) is 2.89. The minimum absolute atomic E-state index is 0.201. The lowest BCUT2D eigenvalue weighted by Crippen LogP contribution is -2.51. The van der Waals surface area contributed by atoms with E-state index in [1.54, 1.807) is 7.05 Å². The highest BCUT2D eigenvalue weighted by Gasteiger charge is 2.19. The van der Waals surface area contributed by atoms with E-state index in [0.717, 1.165) is 45.9 Å². The third kappa shape index (κ3) is 4.47. The number of amides is 1. The van der Waals surface area contributed by atoms with Crippen LogP contribution < -0.4 is 5.32 Å². The first-order valence-corrected chi connectivity index (χ1v) is 6.00. The minimum Gasteiger partial charge on any atom is -0.380 e. The van der Waals surface area contributed by atoms with Crippen LogP contribution in [0, 0.1) is 0 Å². The van der Waals surface area contributed by atoms with Crippen LogP contribution in [-0.4, -0.2) is 75.2 Å². The Hall–Kier alpha value is -0.650. The van der Waals surface area contributed by atoms with Gasteiger partial charge in [0, 0.05) is 39.3 Å². The molecule has 0 bridgehead atoms. The molecule has 0 aliphatic carbocycles. The van der Waals surface area contributed by atoms with Crippen molar-refractivity contribution in [1.29, 1.82) is 0 Å². The fraction of sp³-hybridized carbons (Fsp3) is 0.909. The molecule has 0 atom stereocenters. The Labute approximate surface area is 97.7 Å². The summed E-state index contributed by atoms with van der Waals surface area (Å²) in [5.74, 6) is 0.201. The molecule has 5 nitrogen and oxygen atoms in total. The zero-order valence-corrected chi connectivity index (χ0v) is 10.4. The molecule has 0 aromatic rings. The van der Waals surface area contributed by atoms with E-state index >= 15 is 0 Å². The highest BCUT2D eigenvalue weighted by molar-refractivity contribution is 5.78. The molecule has 1 aliphatic rings. The molecule has 0 saturated carbocycles. The predicted octanol–water partition coefficient (Wildman–Crippen LogP) is -0.613. The van der Waals surface area contributed by atoms with Crippen molar-refractivity contribution in [1.82, 2.24) is 15.1 Å². The smallest absolute Gasteiger partial charge is 0.236 e. The second-order valence-corrected chi connectivity index (χ2v) is 3.95. The van der Waals surface area contributed by atoms with Crippen molar-refractivity contribution < 1.29 is 9.53 Å². The Morgan fingerprint density at radius 3 is 2.56 bits per heavy atom. The minimum atomic E-state index is 0.201. The largest absolute Gasteiger partial charge is 0.380 e. The van der Waals surface area contributed by atoms with Crippen molar-refractivity contribution in [3.63, 3.8) is 0 Å². The van der Waals surface area contributed by atoms with E-state index < -0.39 is 0 Å². The first-order valence-electron chi connectivity index (χ1n) is 6.00. The van der Waals surface area contributed by atoms with Crippen molar-refractivity contribution >= 4 is 5.91 Å². The van der Waals surface area contributed by atoms with Gasteiger partial charge in [-0.2, -0.15) is 0 Å². The average Bonchev–Trinajstić information content (AvgIpc) is 2.30. The van der Waals surface area contributed by atoms with E-state index in [1.165, 1.54) is 0 Å². The van der Waals surface area contributed by atoms with Crippen LogP contribution in [0.1, 0.15) is 6.92 Å². The molecule has 1 saturated heterocycles.